The molecule has 3 heteroatoms. The number of aromatic nitrogens is 2. The van der Waals surface area contributed by atoms with Crippen LogP contribution in [0.15, 0.2) is 43.0 Å². The predicted molar refractivity (Wildman–Crippen MR) is 83.2 cm³/mol. The Morgan fingerprint density at radius 3 is 2.80 bits per heavy atom. The zero-order chi connectivity index (χ0) is 13.8. The van der Waals surface area contributed by atoms with Crippen LogP contribution in [-0.2, 0) is 0 Å². The second kappa shape index (κ2) is 6.12. The van der Waals surface area contributed by atoms with Gasteiger partial charge < -0.3 is 9.88 Å². The van der Waals surface area contributed by atoms with Crippen LogP contribution in [0.25, 0.3) is 5.69 Å². The Morgan fingerprint density at radius 1 is 1.25 bits per heavy atom. The summed E-state index contributed by atoms with van der Waals surface area (Å²) >= 11 is 0. The highest BCUT2D eigenvalue weighted by Crippen LogP contribution is 2.28. The Morgan fingerprint density at radius 2 is 2.10 bits per heavy atom. The third-order valence-electron chi connectivity index (χ3n) is 4.44. The summed E-state index contributed by atoms with van der Waals surface area (Å²) in [6, 6.07) is 9.21. The van der Waals surface area contributed by atoms with Gasteiger partial charge in [-0.05, 0) is 49.8 Å². The van der Waals surface area contributed by atoms with E-state index in [9.17, 15) is 0 Å². The van der Waals surface area contributed by atoms with Gasteiger partial charge in [-0.1, -0.05) is 19.4 Å². The van der Waals surface area contributed by atoms with Crippen molar-refractivity contribution in [2.75, 3.05) is 5.32 Å². The average molecular weight is 269 g/mol. The third kappa shape index (κ3) is 3.03. The monoisotopic (exact) mass is 269 g/mol. The largest absolute Gasteiger partial charge is 0.382 e. The number of benzene rings is 1. The number of hydrogen-bond acceptors (Lipinski definition) is 2. The van der Waals surface area contributed by atoms with E-state index in [1.165, 1.54) is 37.8 Å². The van der Waals surface area contributed by atoms with Crippen LogP contribution in [0, 0.1) is 5.92 Å². The molecule has 1 aromatic heterocycles. The molecule has 1 fully saturated rings. The van der Waals surface area contributed by atoms with Gasteiger partial charge in [0.2, 0.25) is 0 Å². The van der Waals surface area contributed by atoms with Crippen LogP contribution in [-0.4, -0.2) is 15.6 Å². The Labute approximate surface area is 121 Å². The zero-order valence-corrected chi connectivity index (χ0v) is 12.1. The molecule has 20 heavy (non-hydrogen) atoms. The topological polar surface area (TPSA) is 29.9 Å². The van der Waals surface area contributed by atoms with E-state index in [1.807, 2.05) is 23.3 Å². The second-order valence-electron chi connectivity index (χ2n) is 5.79. The Hall–Kier alpha value is -1.77. The van der Waals surface area contributed by atoms with Crippen LogP contribution in [0.3, 0.4) is 0 Å². The summed E-state index contributed by atoms with van der Waals surface area (Å²) in [5.74, 6) is 0.949. The van der Waals surface area contributed by atoms with Crippen molar-refractivity contribution >= 4 is 5.69 Å². The molecule has 1 saturated carbocycles. The van der Waals surface area contributed by atoms with Gasteiger partial charge in [0.25, 0.3) is 0 Å². The minimum absolute atomic E-state index is 0.635. The highest BCUT2D eigenvalue weighted by molar-refractivity contribution is 5.51. The number of anilines is 1. The molecule has 3 nitrogen and oxygen atoms in total. The molecule has 0 bridgehead atoms. The molecule has 1 aromatic carbocycles. The maximum Gasteiger partial charge on any atom is 0.0991 e. The first-order valence-electron chi connectivity index (χ1n) is 7.70. The highest BCUT2D eigenvalue weighted by atomic mass is 15.0. The first-order chi connectivity index (χ1) is 9.85. The van der Waals surface area contributed by atoms with Crippen LogP contribution in [0.4, 0.5) is 5.69 Å². The van der Waals surface area contributed by atoms with Gasteiger partial charge in [-0.15, -0.1) is 0 Å². The molecule has 1 aliphatic rings. The lowest BCUT2D eigenvalue weighted by Gasteiger charge is -2.29. The van der Waals surface area contributed by atoms with Crippen LogP contribution >= 0.6 is 0 Å². The molecular formula is C17H23N3. The summed E-state index contributed by atoms with van der Waals surface area (Å²) in [6.45, 7) is 2.31. The van der Waals surface area contributed by atoms with E-state index >= 15 is 0 Å². The zero-order valence-electron chi connectivity index (χ0n) is 12.1. The average Bonchev–Trinajstić information content (AvgIpc) is 3.03. The van der Waals surface area contributed by atoms with Crippen LogP contribution in [0.5, 0.6) is 0 Å². The number of nitrogens with zero attached hydrogens (tertiary/aromatic N) is 2. The van der Waals surface area contributed by atoms with Gasteiger partial charge in [0.1, 0.15) is 0 Å². The third-order valence-corrected chi connectivity index (χ3v) is 4.44. The van der Waals surface area contributed by atoms with E-state index in [2.05, 4.69) is 41.5 Å². The molecule has 0 amide bonds. The van der Waals surface area contributed by atoms with Crippen molar-refractivity contribution in [3.8, 4) is 5.69 Å². The molecule has 0 spiro atoms. The quantitative estimate of drug-likeness (QED) is 0.899. The van der Waals surface area contributed by atoms with Gasteiger partial charge in [-0.3, -0.25) is 0 Å². The summed E-state index contributed by atoms with van der Waals surface area (Å²) in [6.07, 6.45) is 12.3. The number of hydrogen-bond donors (Lipinski definition) is 1. The van der Waals surface area contributed by atoms with Crippen LogP contribution < -0.4 is 5.32 Å². The molecule has 1 aliphatic carbocycles. The Kier molecular flexibility index (Phi) is 4.05. The van der Waals surface area contributed by atoms with E-state index in [1.54, 1.807) is 0 Å². The molecule has 0 atom stereocenters. The maximum absolute atomic E-state index is 4.10. The predicted octanol–water partition coefficient (Wildman–Crippen LogP) is 4.25. The summed E-state index contributed by atoms with van der Waals surface area (Å²) in [7, 11) is 0. The SMILES string of the molecule is CCC1CCC(Nc2cccc(-n3ccnc3)c2)CC1. The molecule has 0 saturated heterocycles. The molecule has 1 heterocycles. The van der Waals surface area contributed by atoms with E-state index in [0.717, 1.165) is 11.6 Å². The van der Waals surface area contributed by atoms with Crippen molar-refractivity contribution in [2.45, 2.75) is 45.1 Å². The van der Waals surface area contributed by atoms with Gasteiger partial charge in [-0.2, -0.15) is 0 Å². The normalized spacial score (nSPS) is 22.6. The fourth-order valence-corrected chi connectivity index (χ4v) is 3.12. The summed E-state index contributed by atoms with van der Waals surface area (Å²) in [5.41, 5.74) is 2.38. The fourth-order valence-electron chi connectivity index (χ4n) is 3.12. The fraction of sp³-hybridized carbons (Fsp3) is 0.471. The Bertz CT molecular complexity index is 525. The molecular weight excluding hydrogens is 246 g/mol. The lowest BCUT2D eigenvalue weighted by molar-refractivity contribution is 0.330. The van der Waals surface area contributed by atoms with E-state index in [4.69, 9.17) is 0 Å². The molecule has 106 valence electrons. The van der Waals surface area contributed by atoms with Crippen molar-refractivity contribution in [3.05, 3.63) is 43.0 Å². The van der Waals surface area contributed by atoms with Crippen molar-refractivity contribution in [3.63, 3.8) is 0 Å². The van der Waals surface area contributed by atoms with E-state index < -0.39 is 0 Å². The van der Waals surface area contributed by atoms with Crippen LogP contribution in [0.2, 0.25) is 0 Å². The highest BCUT2D eigenvalue weighted by Gasteiger charge is 2.19. The van der Waals surface area contributed by atoms with Crippen molar-refractivity contribution in [1.29, 1.82) is 0 Å². The van der Waals surface area contributed by atoms with Crippen molar-refractivity contribution in [2.24, 2.45) is 5.92 Å². The van der Waals surface area contributed by atoms with Gasteiger partial charge in [0.15, 0.2) is 0 Å². The van der Waals surface area contributed by atoms with Gasteiger partial charge in [0, 0.05) is 29.8 Å². The van der Waals surface area contributed by atoms with E-state index in [0.29, 0.717) is 6.04 Å². The molecule has 0 unspecified atom stereocenters. The molecule has 0 aliphatic heterocycles. The summed E-state index contributed by atoms with van der Waals surface area (Å²) in [5, 5.41) is 3.69. The summed E-state index contributed by atoms with van der Waals surface area (Å²) < 4.78 is 2.04. The van der Waals surface area contributed by atoms with Crippen molar-refractivity contribution < 1.29 is 0 Å². The standard InChI is InChI=1S/C17H23N3/c1-2-14-6-8-15(9-7-14)19-16-4-3-5-17(12-16)20-11-10-18-13-20/h3-5,10-15,19H,2,6-9H2,1H3. The molecule has 1 N–H and O–H groups in total. The minimum Gasteiger partial charge on any atom is -0.382 e. The maximum atomic E-state index is 4.10. The van der Waals surface area contributed by atoms with E-state index in [-0.39, 0.29) is 0 Å². The second-order valence-corrected chi connectivity index (χ2v) is 5.79. The van der Waals surface area contributed by atoms with Gasteiger partial charge in [0.05, 0.1) is 6.33 Å². The summed E-state index contributed by atoms with van der Waals surface area (Å²) in [4.78, 5) is 4.10. The van der Waals surface area contributed by atoms with Gasteiger partial charge in [-0.25, -0.2) is 4.98 Å². The first-order valence-corrected chi connectivity index (χ1v) is 7.70. The lowest BCUT2D eigenvalue weighted by atomic mass is 9.84. The Balaban J connectivity index is 1.65. The lowest BCUT2D eigenvalue weighted by Crippen LogP contribution is -2.25. The molecule has 3 rings (SSSR count). The number of nitrogens with one attached hydrogen (secondary N) is 1. The molecule has 2 aromatic rings. The first kappa shape index (κ1) is 13.2. The minimum atomic E-state index is 0.635. The smallest absolute Gasteiger partial charge is 0.0991 e. The van der Waals surface area contributed by atoms with Gasteiger partial charge >= 0.3 is 0 Å². The number of rotatable bonds is 4. The van der Waals surface area contributed by atoms with Crippen molar-refractivity contribution in [1.82, 2.24) is 9.55 Å². The molecule has 0 radical (unpaired) electrons. The van der Waals surface area contributed by atoms with Crippen LogP contribution in [0.1, 0.15) is 39.0 Å². The number of imidazole rings is 1.